The van der Waals surface area contributed by atoms with Crippen LogP contribution < -0.4 is 9.64 Å². The van der Waals surface area contributed by atoms with Gasteiger partial charge in [-0.15, -0.1) is 0 Å². The molecule has 1 saturated heterocycles. The van der Waals surface area contributed by atoms with E-state index in [0.717, 1.165) is 49.7 Å². The third kappa shape index (κ3) is 2.06. The Morgan fingerprint density at radius 2 is 2.22 bits per heavy atom. The van der Waals surface area contributed by atoms with Gasteiger partial charge in [-0.25, -0.2) is 0 Å². The maximum absolute atomic E-state index is 9.35. The van der Waals surface area contributed by atoms with Gasteiger partial charge in [0.2, 0.25) is 0 Å². The van der Waals surface area contributed by atoms with Gasteiger partial charge in [-0.1, -0.05) is 0 Å². The van der Waals surface area contributed by atoms with Crippen LogP contribution in [0.2, 0.25) is 0 Å². The molecular formula is C14H18NO3. The largest absolute Gasteiger partial charge is 0.484 e. The predicted octanol–water partition coefficient (Wildman–Crippen LogP) is 1.01. The average Bonchev–Trinajstić information content (AvgIpc) is 2.76. The lowest BCUT2D eigenvalue weighted by molar-refractivity contribution is 0.0446. The van der Waals surface area contributed by atoms with Crippen LogP contribution >= 0.6 is 0 Å². The van der Waals surface area contributed by atoms with E-state index >= 15 is 0 Å². The first-order chi connectivity index (χ1) is 8.70. The van der Waals surface area contributed by atoms with Crippen molar-refractivity contribution in [1.82, 2.24) is 0 Å². The molecule has 97 valence electrons. The number of ether oxygens (including phenoxy) is 2. The molecule has 0 bridgehead atoms. The van der Waals surface area contributed by atoms with Crippen molar-refractivity contribution < 1.29 is 14.6 Å². The standard InChI is InChI=1S/C14H18NO3/c1-14(10-16)9-11-2-3-12(8-13(11)18-14)15-4-6-17-7-5-15/h2,8,16H,4-7,9-10H2,1H3. The van der Waals surface area contributed by atoms with E-state index in [2.05, 4.69) is 11.0 Å². The van der Waals surface area contributed by atoms with Gasteiger partial charge in [-0.2, -0.15) is 0 Å². The fourth-order valence-corrected chi connectivity index (χ4v) is 2.50. The van der Waals surface area contributed by atoms with Crippen LogP contribution in [0.3, 0.4) is 0 Å². The number of hydrogen-bond donors (Lipinski definition) is 1. The summed E-state index contributed by atoms with van der Waals surface area (Å²) >= 11 is 0. The second-order valence-electron chi connectivity index (χ2n) is 5.19. The van der Waals surface area contributed by atoms with E-state index in [1.165, 1.54) is 0 Å². The Balaban J connectivity index is 1.83. The summed E-state index contributed by atoms with van der Waals surface area (Å²) in [6.45, 7) is 5.29. The van der Waals surface area contributed by atoms with Crippen LogP contribution in [0.25, 0.3) is 0 Å². The number of hydrogen-bond acceptors (Lipinski definition) is 4. The van der Waals surface area contributed by atoms with E-state index in [9.17, 15) is 5.11 Å². The molecule has 18 heavy (non-hydrogen) atoms. The monoisotopic (exact) mass is 248 g/mol. The van der Waals surface area contributed by atoms with Crippen LogP contribution in [0.1, 0.15) is 12.5 Å². The van der Waals surface area contributed by atoms with Crippen molar-refractivity contribution in [3.63, 3.8) is 0 Å². The first-order valence-corrected chi connectivity index (χ1v) is 6.37. The van der Waals surface area contributed by atoms with Crippen molar-refractivity contribution in [1.29, 1.82) is 0 Å². The molecule has 0 aromatic heterocycles. The van der Waals surface area contributed by atoms with Crippen LogP contribution in [-0.4, -0.2) is 43.6 Å². The molecule has 3 rings (SSSR count). The lowest BCUT2D eigenvalue weighted by atomic mass is 10.0. The van der Waals surface area contributed by atoms with Crippen molar-refractivity contribution >= 4 is 5.69 Å². The minimum atomic E-state index is -0.472. The highest BCUT2D eigenvalue weighted by atomic mass is 16.5. The Morgan fingerprint density at radius 3 is 2.94 bits per heavy atom. The summed E-state index contributed by atoms with van der Waals surface area (Å²) in [4.78, 5) is 2.25. The van der Waals surface area contributed by atoms with Gasteiger partial charge >= 0.3 is 0 Å². The Hall–Kier alpha value is -1.26. The molecule has 4 nitrogen and oxygen atoms in total. The quantitative estimate of drug-likeness (QED) is 0.848. The number of nitrogens with zero attached hydrogens (tertiary/aromatic N) is 1. The molecule has 1 fully saturated rings. The Kier molecular flexibility index (Phi) is 2.92. The number of aliphatic hydroxyl groups excluding tert-OH is 1. The number of morpholine rings is 1. The Morgan fingerprint density at radius 1 is 1.44 bits per heavy atom. The molecule has 1 N–H and O–H groups in total. The SMILES string of the molecule is CC1(CO)Cc2c[c]c(N3CCOCC3)cc2O1. The maximum Gasteiger partial charge on any atom is 0.133 e. The average molecular weight is 248 g/mol. The summed E-state index contributed by atoms with van der Waals surface area (Å²) in [5.41, 5.74) is 1.71. The van der Waals surface area contributed by atoms with Crippen molar-refractivity contribution in [2.45, 2.75) is 18.9 Å². The van der Waals surface area contributed by atoms with E-state index in [4.69, 9.17) is 9.47 Å². The molecule has 0 amide bonds. The third-order valence-corrected chi connectivity index (χ3v) is 3.59. The fraction of sp³-hybridized carbons (Fsp3) is 0.571. The van der Waals surface area contributed by atoms with E-state index < -0.39 is 5.60 Å². The number of benzene rings is 1. The van der Waals surface area contributed by atoms with Crippen LogP contribution in [0.15, 0.2) is 12.1 Å². The zero-order chi connectivity index (χ0) is 12.6. The van der Waals surface area contributed by atoms with Crippen molar-refractivity contribution in [3.05, 3.63) is 23.8 Å². The second-order valence-corrected chi connectivity index (χ2v) is 5.19. The number of aliphatic hydroxyl groups is 1. The van der Waals surface area contributed by atoms with Gasteiger partial charge in [0.25, 0.3) is 0 Å². The zero-order valence-corrected chi connectivity index (χ0v) is 10.6. The van der Waals surface area contributed by atoms with E-state index in [1.54, 1.807) is 0 Å². The molecular weight excluding hydrogens is 230 g/mol. The number of rotatable bonds is 2. The van der Waals surface area contributed by atoms with Gasteiger partial charge in [-0.3, -0.25) is 0 Å². The molecule has 2 aliphatic rings. The maximum atomic E-state index is 9.35. The molecule has 0 spiro atoms. The van der Waals surface area contributed by atoms with Gasteiger partial charge in [-0.05, 0) is 18.6 Å². The van der Waals surface area contributed by atoms with Gasteiger partial charge < -0.3 is 19.5 Å². The smallest absolute Gasteiger partial charge is 0.133 e. The molecule has 1 aromatic rings. The van der Waals surface area contributed by atoms with Gasteiger partial charge in [0, 0.05) is 37.3 Å². The molecule has 2 aliphatic heterocycles. The van der Waals surface area contributed by atoms with Crippen LogP contribution in [0.5, 0.6) is 5.75 Å². The third-order valence-electron chi connectivity index (χ3n) is 3.59. The summed E-state index contributed by atoms with van der Waals surface area (Å²) in [5.74, 6) is 0.881. The summed E-state index contributed by atoms with van der Waals surface area (Å²) in [5, 5.41) is 9.35. The number of fused-ring (bicyclic) bond motifs is 1. The van der Waals surface area contributed by atoms with Gasteiger partial charge in [0.05, 0.1) is 19.8 Å². The highest BCUT2D eigenvalue weighted by Crippen LogP contribution is 2.37. The topological polar surface area (TPSA) is 41.9 Å². The zero-order valence-electron chi connectivity index (χ0n) is 10.6. The highest BCUT2D eigenvalue weighted by molar-refractivity contribution is 5.55. The predicted molar refractivity (Wildman–Crippen MR) is 68.1 cm³/mol. The molecule has 0 saturated carbocycles. The molecule has 0 aliphatic carbocycles. The fourth-order valence-electron chi connectivity index (χ4n) is 2.50. The summed E-state index contributed by atoms with van der Waals surface area (Å²) in [7, 11) is 0. The van der Waals surface area contributed by atoms with Crippen LogP contribution in [0.4, 0.5) is 5.69 Å². The summed E-state index contributed by atoms with van der Waals surface area (Å²) in [6, 6.07) is 7.33. The van der Waals surface area contributed by atoms with Gasteiger partial charge in [0.15, 0.2) is 0 Å². The lowest BCUT2D eigenvalue weighted by Gasteiger charge is -2.29. The number of anilines is 1. The summed E-state index contributed by atoms with van der Waals surface area (Å²) < 4.78 is 11.2. The molecule has 2 heterocycles. The minimum absolute atomic E-state index is 0.0363. The van der Waals surface area contributed by atoms with Crippen molar-refractivity contribution in [2.24, 2.45) is 0 Å². The van der Waals surface area contributed by atoms with Crippen LogP contribution in [-0.2, 0) is 11.2 Å². The summed E-state index contributed by atoms with van der Waals surface area (Å²) in [6.07, 6.45) is 0.749. The normalized spacial score (nSPS) is 26.9. The second kappa shape index (κ2) is 4.44. The Bertz CT molecular complexity index is 443. The first kappa shape index (κ1) is 11.8. The minimum Gasteiger partial charge on any atom is -0.484 e. The Labute approximate surface area is 107 Å². The van der Waals surface area contributed by atoms with E-state index in [1.807, 2.05) is 19.1 Å². The van der Waals surface area contributed by atoms with Crippen molar-refractivity contribution in [3.8, 4) is 5.75 Å². The molecule has 1 unspecified atom stereocenters. The van der Waals surface area contributed by atoms with E-state index in [0.29, 0.717) is 0 Å². The molecule has 1 atom stereocenters. The van der Waals surface area contributed by atoms with Crippen molar-refractivity contribution in [2.75, 3.05) is 37.8 Å². The highest BCUT2D eigenvalue weighted by Gasteiger charge is 2.34. The van der Waals surface area contributed by atoms with Gasteiger partial charge in [0.1, 0.15) is 11.4 Å². The molecule has 1 radical (unpaired) electrons. The van der Waals surface area contributed by atoms with E-state index in [-0.39, 0.29) is 6.61 Å². The lowest BCUT2D eigenvalue weighted by Crippen LogP contribution is -2.36. The first-order valence-electron chi connectivity index (χ1n) is 6.37. The molecule has 1 aromatic carbocycles. The molecule has 4 heteroatoms. The van der Waals surface area contributed by atoms with Crippen LogP contribution in [0, 0.1) is 6.07 Å².